The fourth-order valence-corrected chi connectivity index (χ4v) is 4.74. The molecule has 4 aromatic rings. The molecule has 0 aliphatic carbocycles. The van der Waals surface area contributed by atoms with E-state index in [1.165, 1.54) is 0 Å². The number of rotatable bonds is 6. The third kappa shape index (κ3) is 6.46. The Hall–Kier alpha value is -4.51. The first-order valence-electron chi connectivity index (χ1n) is 13.2. The predicted molar refractivity (Wildman–Crippen MR) is 161 cm³/mol. The molecule has 2 aromatic heterocycles. The molecular formula is C29H32ClN7O4. The number of nitrogens with one attached hydrogen (secondary N) is 3. The molecule has 214 valence electrons. The molecule has 1 aliphatic heterocycles. The molecular weight excluding hydrogens is 546 g/mol. The second-order valence-corrected chi connectivity index (χ2v) is 11.0. The van der Waals surface area contributed by atoms with E-state index >= 15 is 0 Å². The Balaban J connectivity index is 1.39. The van der Waals surface area contributed by atoms with Crippen LogP contribution in [0.25, 0.3) is 10.8 Å². The van der Waals surface area contributed by atoms with Gasteiger partial charge in [-0.1, -0.05) is 23.7 Å². The van der Waals surface area contributed by atoms with Gasteiger partial charge in [0.25, 0.3) is 5.56 Å². The number of aromatic nitrogens is 3. The number of carbonyl (C=O) groups excluding carboxylic acids is 1. The molecule has 11 nitrogen and oxygen atoms in total. The zero-order valence-corrected chi connectivity index (χ0v) is 24.1. The van der Waals surface area contributed by atoms with E-state index in [0.717, 1.165) is 5.69 Å². The number of anilines is 5. The average molecular weight is 578 g/mol. The number of methoxy groups -OCH3 is 1. The fraction of sp³-hybridized carbons (Fsp3) is 0.310. The van der Waals surface area contributed by atoms with Gasteiger partial charge in [0.1, 0.15) is 23.0 Å². The van der Waals surface area contributed by atoms with Gasteiger partial charge in [0, 0.05) is 43.3 Å². The number of benzene rings is 2. The molecule has 12 heteroatoms. The first kappa shape index (κ1) is 28.0. The second kappa shape index (κ2) is 11.5. The number of aromatic amines is 1. The number of halogens is 1. The highest BCUT2D eigenvalue weighted by atomic mass is 35.5. The van der Waals surface area contributed by atoms with Crippen molar-refractivity contribution < 1.29 is 14.3 Å². The number of pyridine rings is 1. The molecule has 3 heterocycles. The van der Waals surface area contributed by atoms with Crippen LogP contribution >= 0.6 is 11.6 Å². The van der Waals surface area contributed by atoms with Crippen molar-refractivity contribution >= 4 is 57.2 Å². The zero-order valence-electron chi connectivity index (χ0n) is 23.3. The highest BCUT2D eigenvalue weighted by Crippen LogP contribution is 2.35. The van der Waals surface area contributed by atoms with Crippen LogP contribution in [0.2, 0.25) is 5.02 Å². The molecule has 1 saturated heterocycles. The van der Waals surface area contributed by atoms with Gasteiger partial charge in [-0.3, -0.25) is 4.79 Å². The Morgan fingerprint density at radius 2 is 1.78 bits per heavy atom. The Bertz CT molecular complexity index is 1630. The SMILES string of the molecule is COc1cc(N2CCN(C(=O)OC(C)(C)C)CC2)ccc1Nc1nc(Nc2ccccc2Cl)cc2cn[nH]c(=O)c12. The molecule has 41 heavy (non-hydrogen) atoms. The Labute approximate surface area is 242 Å². The molecule has 1 amide bonds. The maximum Gasteiger partial charge on any atom is 0.410 e. The summed E-state index contributed by atoms with van der Waals surface area (Å²) >= 11 is 6.34. The first-order valence-corrected chi connectivity index (χ1v) is 13.6. The van der Waals surface area contributed by atoms with Gasteiger partial charge < -0.3 is 29.9 Å². The number of piperazine rings is 1. The molecule has 0 unspecified atom stereocenters. The fourth-order valence-electron chi connectivity index (χ4n) is 4.56. The van der Waals surface area contributed by atoms with E-state index in [2.05, 4.69) is 30.7 Å². The topological polar surface area (TPSA) is 125 Å². The minimum atomic E-state index is -0.532. The van der Waals surface area contributed by atoms with Crippen LogP contribution in [0.1, 0.15) is 20.8 Å². The highest BCUT2D eigenvalue weighted by Gasteiger charge is 2.26. The second-order valence-electron chi connectivity index (χ2n) is 10.6. The number of ether oxygens (including phenoxy) is 2. The van der Waals surface area contributed by atoms with E-state index in [4.69, 9.17) is 21.1 Å². The summed E-state index contributed by atoms with van der Waals surface area (Å²) in [6, 6.07) is 14.8. The Kier molecular flexibility index (Phi) is 7.89. The third-order valence-corrected chi connectivity index (χ3v) is 6.85. The smallest absolute Gasteiger partial charge is 0.410 e. The number of fused-ring (bicyclic) bond motifs is 1. The van der Waals surface area contributed by atoms with E-state index in [0.29, 0.717) is 70.7 Å². The van der Waals surface area contributed by atoms with Crippen molar-refractivity contribution in [1.82, 2.24) is 20.1 Å². The van der Waals surface area contributed by atoms with Crippen molar-refractivity contribution in [2.75, 3.05) is 48.8 Å². The molecule has 0 spiro atoms. The van der Waals surface area contributed by atoms with E-state index < -0.39 is 5.60 Å². The Morgan fingerprint density at radius 1 is 1.02 bits per heavy atom. The summed E-state index contributed by atoms with van der Waals surface area (Å²) in [5, 5.41) is 14.4. The van der Waals surface area contributed by atoms with Crippen LogP contribution in [0.15, 0.2) is 59.5 Å². The van der Waals surface area contributed by atoms with Crippen LogP contribution in [0.3, 0.4) is 0 Å². The number of hydrogen-bond donors (Lipinski definition) is 3. The van der Waals surface area contributed by atoms with E-state index in [1.807, 2.05) is 57.2 Å². The lowest BCUT2D eigenvalue weighted by Crippen LogP contribution is -2.50. The summed E-state index contributed by atoms with van der Waals surface area (Å²) in [7, 11) is 1.59. The van der Waals surface area contributed by atoms with Crippen molar-refractivity contribution in [3.8, 4) is 5.75 Å². The Morgan fingerprint density at radius 3 is 2.49 bits per heavy atom. The number of para-hydroxylation sites is 1. The number of hydrogen-bond acceptors (Lipinski definition) is 9. The summed E-state index contributed by atoms with van der Waals surface area (Å²) < 4.78 is 11.2. The molecule has 1 fully saturated rings. The van der Waals surface area contributed by atoms with Crippen LogP contribution in [-0.2, 0) is 4.74 Å². The lowest BCUT2D eigenvalue weighted by atomic mass is 10.2. The maximum absolute atomic E-state index is 12.8. The summed E-state index contributed by atoms with van der Waals surface area (Å²) in [6.07, 6.45) is 1.27. The van der Waals surface area contributed by atoms with Gasteiger partial charge in [-0.2, -0.15) is 5.10 Å². The molecule has 0 radical (unpaired) electrons. The average Bonchev–Trinajstić information content (AvgIpc) is 2.93. The van der Waals surface area contributed by atoms with Gasteiger partial charge in [-0.05, 0) is 51.1 Å². The van der Waals surface area contributed by atoms with Gasteiger partial charge in [0.05, 0.1) is 35.1 Å². The number of H-pyrrole nitrogens is 1. The van der Waals surface area contributed by atoms with Crippen molar-refractivity contribution in [1.29, 1.82) is 0 Å². The normalized spacial score (nSPS) is 13.7. The minimum Gasteiger partial charge on any atom is -0.494 e. The predicted octanol–water partition coefficient (Wildman–Crippen LogP) is 5.52. The highest BCUT2D eigenvalue weighted by molar-refractivity contribution is 6.33. The largest absolute Gasteiger partial charge is 0.494 e. The van der Waals surface area contributed by atoms with Crippen molar-refractivity contribution in [2.24, 2.45) is 0 Å². The molecule has 1 aliphatic rings. The lowest BCUT2D eigenvalue weighted by Gasteiger charge is -2.37. The number of nitrogens with zero attached hydrogens (tertiary/aromatic N) is 4. The summed E-state index contributed by atoms with van der Waals surface area (Å²) in [5.74, 6) is 1.39. The van der Waals surface area contributed by atoms with Crippen LogP contribution in [0.4, 0.5) is 33.5 Å². The van der Waals surface area contributed by atoms with Crippen LogP contribution in [0, 0.1) is 0 Å². The summed E-state index contributed by atoms with van der Waals surface area (Å²) in [5.41, 5.74) is 1.35. The summed E-state index contributed by atoms with van der Waals surface area (Å²) in [6.45, 7) is 7.99. The van der Waals surface area contributed by atoms with Gasteiger partial charge in [0.15, 0.2) is 0 Å². The third-order valence-electron chi connectivity index (χ3n) is 6.52. The molecule has 0 atom stereocenters. The van der Waals surface area contributed by atoms with Crippen molar-refractivity contribution in [2.45, 2.75) is 26.4 Å². The number of amides is 1. The van der Waals surface area contributed by atoms with Gasteiger partial charge in [-0.15, -0.1) is 0 Å². The summed E-state index contributed by atoms with van der Waals surface area (Å²) in [4.78, 5) is 33.8. The monoisotopic (exact) mass is 577 g/mol. The van der Waals surface area contributed by atoms with E-state index in [-0.39, 0.29) is 11.7 Å². The van der Waals surface area contributed by atoms with Gasteiger partial charge in [-0.25, -0.2) is 14.9 Å². The quantitative estimate of drug-likeness (QED) is 0.271. The van der Waals surface area contributed by atoms with E-state index in [1.54, 1.807) is 30.3 Å². The zero-order chi connectivity index (χ0) is 29.1. The lowest BCUT2D eigenvalue weighted by molar-refractivity contribution is 0.0240. The van der Waals surface area contributed by atoms with Crippen molar-refractivity contribution in [3.63, 3.8) is 0 Å². The minimum absolute atomic E-state index is 0.301. The van der Waals surface area contributed by atoms with E-state index in [9.17, 15) is 9.59 Å². The van der Waals surface area contributed by atoms with Crippen LogP contribution in [-0.4, -0.2) is 65.1 Å². The maximum atomic E-state index is 12.8. The molecule has 2 aromatic carbocycles. The van der Waals surface area contributed by atoms with Gasteiger partial charge in [0.2, 0.25) is 0 Å². The standard InChI is InChI=1S/C29H32ClN7O4/c1-29(2,3)41-28(39)37-13-11-36(12-14-37)19-9-10-22(23(16-19)40-4)33-26-25-18(17-31-35-27(25)38)15-24(34-26)32-21-8-6-5-7-20(21)30/h5-10,15-17H,11-14H2,1-4H3,(H,35,38)(H2,32,33,34). The molecule has 0 bridgehead atoms. The van der Waals surface area contributed by atoms with Gasteiger partial charge >= 0.3 is 6.09 Å². The van der Waals surface area contributed by atoms with Crippen LogP contribution in [0.5, 0.6) is 5.75 Å². The van der Waals surface area contributed by atoms with Crippen LogP contribution < -0.4 is 25.8 Å². The first-order chi connectivity index (χ1) is 19.6. The molecule has 0 saturated carbocycles. The molecule has 5 rings (SSSR count). The van der Waals surface area contributed by atoms with Crippen molar-refractivity contribution in [3.05, 3.63) is 70.1 Å². The number of carbonyl (C=O) groups is 1. The molecule has 3 N–H and O–H groups in total.